The zero-order chi connectivity index (χ0) is 19.3. The Morgan fingerprint density at radius 1 is 1.15 bits per heavy atom. The number of nitrogens with one attached hydrogen (secondary N) is 1. The highest BCUT2D eigenvalue weighted by Crippen LogP contribution is 2.31. The predicted molar refractivity (Wildman–Crippen MR) is 102 cm³/mol. The van der Waals surface area contributed by atoms with E-state index in [-0.39, 0.29) is 5.56 Å². The van der Waals surface area contributed by atoms with Crippen LogP contribution in [0.2, 0.25) is 0 Å². The normalized spacial score (nSPS) is 12.3. The average molecular weight is 354 g/mol. The Kier molecular flexibility index (Phi) is 6.15. The zero-order valence-corrected chi connectivity index (χ0v) is 15.4. The number of nitrogens with zero attached hydrogens (tertiary/aromatic N) is 1. The van der Waals surface area contributed by atoms with E-state index in [9.17, 15) is 14.0 Å². The van der Waals surface area contributed by atoms with E-state index in [1.807, 2.05) is 38.1 Å². The van der Waals surface area contributed by atoms with Crippen molar-refractivity contribution in [2.24, 2.45) is 0 Å². The Morgan fingerprint density at radius 2 is 1.77 bits per heavy atom. The molecule has 0 fully saturated rings. The molecule has 0 saturated heterocycles. The van der Waals surface area contributed by atoms with Gasteiger partial charge in [0.1, 0.15) is 6.04 Å². The minimum Gasteiger partial charge on any atom is -0.370 e. The number of halogens is 2. The summed E-state index contributed by atoms with van der Waals surface area (Å²) in [7, 11) is 0. The lowest BCUT2D eigenvalue weighted by Gasteiger charge is -2.19. The maximum absolute atomic E-state index is 13.8. The smallest absolute Gasteiger partial charge is 0.270 e. The van der Waals surface area contributed by atoms with Crippen LogP contribution >= 0.6 is 0 Å². The monoisotopic (exact) mass is 354 g/mol. The van der Waals surface area contributed by atoms with Gasteiger partial charge < -0.3 is 5.32 Å². The van der Waals surface area contributed by atoms with Crippen molar-refractivity contribution in [3.63, 3.8) is 0 Å². The second-order valence-electron chi connectivity index (χ2n) is 6.76. The third-order valence-electron chi connectivity index (χ3n) is 4.34. The molecule has 0 aliphatic carbocycles. The van der Waals surface area contributed by atoms with Crippen LogP contribution in [0.3, 0.4) is 0 Å². The lowest BCUT2D eigenvalue weighted by atomic mass is 9.95. The van der Waals surface area contributed by atoms with Crippen molar-refractivity contribution in [2.45, 2.75) is 45.6 Å². The van der Waals surface area contributed by atoms with Crippen LogP contribution in [0.5, 0.6) is 0 Å². The number of nitriles is 1. The molecule has 0 heterocycles. The van der Waals surface area contributed by atoms with Gasteiger partial charge in [-0.25, -0.2) is 8.78 Å². The van der Waals surface area contributed by atoms with E-state index in [0.717, 1.165) is 23.6 Å². The van der Waals surface area contributed by atoms with Gasteiger partial charge in [-0.05, 0) is 37.8 Å². The summed E-state index contributed by atoms with van der Waals surface area (Å²) >= 11 is 0. The number of benzene rings is 2. The van der Waals surface area contributed by atoms with Crippen molar-refractivity contribution >= 4 is 5.70 Å². The second kappa shape index (κ2) is 8.14. The summed E-state index contributed by atoms with van der Waals surface area (Å²) in [4.78, 5) is 0. The molecule has 0 spiro atoms. The molecule has 1 N–H and O–H groups in total. The van der Waals surface area contributed by atoms with Crippen LogP contribution in [-0.4, -0.2) is 6.04 Å². The van der Waals surface area contributed by atoms with E-state index in [0.29, 0.717) is 24.1 Å². The first kappa shape index (κ1) is 19.7. The van der Waals surface area contributed by atoms with Gasteiger partial charge in [0.2, 0.25) is 0 Å². The van der Waals surface area contributed by atoms with E-state index in [1.54, 1.807) is 12.1 Å². The highest BCUT2D eigenvalue weighted by atomic mass is 19.3. The number of alkyl halides is 2. The van der Waals surface area contributed by atoms with Crippen LogP contribution in [0.25, 0.3) is 5.70 Å². The molecule has 0 radical (unpaired) electrons. The van der Waals surface area contributed by atoms with Gasteiger partial charge >= 0.3 is 0 Å². The second-order valence-corrected chi connectivity index (χ2v) is 6.76. The molecular formula is C22H24F2N2. The van der Waals surface area contributed by atoms with E-state index in [1.165, 1.54) is 6.07 Å². The molecule has 136 valence electrons. The van der Waals surface area contributed by atoms with Crippen LogP contribution < -0.4 is 5.32 Å². The van der Waals surface area contributed by atoms with Crippen molar-refractivity contribution in [1.82, 2.24) is 5.32 Å². The third kappa shape index (κ3) is 5.16. The summed E-state index contributed by atoms with van der Waals surface area (Å²) < 4.78 is 27.6. The lowest BCUT2D eigenvalue weighted by Crippen LogP contribution is -2.26. The first-order chi connectivity index (χ1) is 12.2. The predicted octanol–water partition coefficient (Wildman–Crippen LogP) is 5.50. The summed E-state index contributed by atoms with van der Waals surface area (Å²) in [6.07, 6.45) is 0.820. The van der Waals surface area contributed by atoms with Crippen molar-refractivity contribution < 1.29 is 8.78 Å². The van der Waals surface area contributed by atoms with Crippen molar-refractivity contribution in [2.75, 3.05) is 0 Å². The molecule has 0 bridgehead atoms. The molecule has 4 heteroatoms. The highest BCUT2D eigenvalue weighted by molar-refractivity contribution is 5.62. The number of rotatable bonds is 7. The molecule has 0 amide bonds. The largest absolute Gasteiger partial charge is 0.370 e. The Morgan fingerprint density at radius 3 is 2.35 bits per heavy atom. The van der Waals surface area contributed by atoms with Gasteiger partial charge in [-0.1, -0.05) is 60.2 Å². The lowest BCUT2D eigenvalue weighted by molar-refractivity contribution is 0.0165. The van der Waals surface area contributed by atoms with Gasteiger partial charge in [0, 0.05) is 18.2 Å². The molecule has 1 unspecified atom stereocenters. The van der Waals surface area contributed by atoms with E-state index in [4.69, 9.17) is 0 Å². The molecule has 2 rings (SSSR count). The molecule has 0 aliphatic heterocycles. The van der Waals surface area contributed by atoms with Gasteiger partial charge in [-0.15, -0.1) is 0 Å². The van der Waals surface area contributed by atoms with Crippen molar-refractivity contribution in [1.29, 1.82) is 5.26 Å². The maximum atomic E-state index is 13.8. The Hall–Kier alpha value is -2.67. The van der Waals surface area contributed by atoms with Crippen LogP contribution in [0.1, 0.15) is 41.2 Å². The SMILES string of the molecule is C=C(NC(C#N)CCc1cc(C)ccc1C(C)(F)F)c1ccc(C)cc1. The minimum atomic E-state index is -2.90. The highest BCUT2D eigenvalue weighted by Gasteiger charge is 2.27. The topological polar surface area (TPSA) is 35.8 Å². The zero-order valence-electron chi connectivity index (χ0n) is 15.4. The number of hydrogen-bond donors (Lipinski definition) is 1. The quantitative estimate of drug-likeness (QED) is 0.712. The summed E-state index contributed by atoms with van der Waals surface area (Å²) in [5.74, 6) is -2.90. The first-order valence-corrected chi connectivity index (χ1v) is 8.60. The maximum Gasteiger partial charge on any atom is 0.270 e. The Labute approximate surface area is 154 Å². The number of aryl methyl sites for hydroxylation is 3. The van der Waals surface area contributed by atoms with Crippen LogP contribution in [0.4, 0.5) is 8.78 Å². The Bertz CT molecular complexity index is 812. The summed E-state index contributed by atoms with van der Waals surface area (Å²) in [5.41, 5.74) is 4.25. The van der Waals surface area contributed by atoms with Gasteiger partial charge in [0.15, 0.2) is 0 Å². The molecule has 2 aromatic rings. The molecule has 0 aromatic heterocycles. The fraction of sp³-hybridized carbons (Fsp3) is 0.318. The van der Waals surface area contributed by atoms with E-state index in [2.05, 4.69) is 18.0 Å². The molecular weight excluding hydrogens is 330 g/mol. The van der Waals surface area contributed by atoms with Gasteiger partial charge in [0.25, 0.3) is 5.92 Å². The summed E-state index contributed by atoms with van der Waals surface area (Å²) in [6.45, 7) is 8.77. The van der Waals surface area contributed by atoms with E-state index >= 15 is 0 Å². The first-order valence-electron chi connectivity index (χ1n) is 8.60. The molecule has 2 nitrogen and oxygen atoms in total. The van der Waals surface area contributed by atoms with Crippen molar-refractivity contribution in [3.05, 3.63) is 76.9 Å². The van der Waals surface area contributed by atoms with Gasteiger partial charge in [-0.3, -0.25) is 0 Å². The van der Waals surface area contributed by atoms with Crippen LogP contribution in [0.15, 0.2) is 49.0 Å². The summed E-state index contributed by atoms with van der Waals surface area (Å²) in [5, 5.41) is 12.5. The fourth-order valence-corrected chi connectivity index (χ4v) is 2.87. The number of hydrogen-bond acceptors (Lipinski definition) is 2. The summed E-state index contributed by atoms with van der Waals surface area (Å²) in [6, 6.07) is 14.5. The molecule has 0 saturated carbocycles. The Balaban J connectivity index is 2.08. The molecule has 26 heavy (non-hydrogen) atoms. The van der Waals surface area contributed by atoms with Gasteiger partial charge in [0.05, 0.1) is 6.07 Å². The van der Waals surface area contributed by atoms with E-state index < -0.39 is 12.0 Å². The van der Waals surface area contributed by atoms with Crippen LogP contribution in [-0.2, 0) is 12.3 Å². The van der Waals surface area contributed by atoms with Gasteiger partial charge in [-0.2, -0.15) is 5.26 Å². The average Bonchev–Trinajstić information content (AvgIpc) is 2.58. The third-order valence-corrected chi connectivity index (χ3v) is 4.34. The van der Waals surface area contributed by atoms with Crippen LogP contribution in [0, 0.1) is 25.2 Å². The molecule has 0 aliphatic rings. The fourth-order valence-electron chi connectivity index (χ4n) is 2.87. The standard InChI is InChI=1S/C22H24F2N2/c1-15-5-8-18(9-6-15)17(3)26-20(14-25)11-10-19-13-16(2)7-12-21(19)22(4,23)24/h5-9,12-13,20,26H,3,10-11H2,1-2,4H3. The minimum absolute atomic E-state index is 0.0251. The van der Waals surface area contributed by atoms with Crippen molar-refractivity contribution in [3.8, 4) is 6.07 Å². The molecule has 2 aromatic carbocycles. The molecule has 1 atom stereocenters.